The number of halogens is 3. The van der Waals surface area contributed by atoms with E-state index >= 15 is 0 Å². The van der Waals surface area contributed by atoms with Crippen LogP contribution in [-0.4, -0.2) is 42.1 Å². The van der Waals surface area contributed by atoms with Crippen molar-refractivity contribution in [3.8, 4) is 0 Å². The lowest BCUT2D eigenvalue weighted by Crippen LogP contribution is -2.32. The van der Waals surface area contributed by atoms with Crippen LogP contribution < -0.4 is 5.32 Å². The first kappa shape index (κ1) is 15.2. The van der Waals surface area contributed by atoms with Crippen LogP contribution in [0.2, 0.25) is 0 Å². The van der Waals surface area contributed by atoms with Crippen LogP contribution in [0.3, 0.4) is 0 Å². The van der Waals surface area contributed by atoms with Crippen molar-refractivity contribution in [3.63, 3.8) is 0 Å². The highest BCUT2D eigenvalue weighted by atomic mass is 19.4. The molecule has 0 spiro atoms. The zero-order valence-electron chi connectivity index (χ0n) is 11.1. The van der Waals surface area contributed by atoms with E-state index in [0.717, 1.165) is 25.9 Å². The molecule has 0 radical (unpaired) electrons. The van der Waals surface area contributed by atoms with Gasteiger partial charge in [0.25, 0.3) is 0 Å². The maximum Gasteiger partial charge on any atom is 0.389 e. The summed E-state index contributed by atoms with van der Waals surface area (Å²) in [6.07, 6.45) is -2.76. The summed E-state index contributed by atoms with van der Waals surface area (Å²) in [5, 5.41) is 6.77. The molecule has 1 fully saturated rings. The van der Waals surface area contributed by atoms with E-state index in [1.54, 1.807) is 0 Å². The Kier molecular flexibility index (Phi) is 5.36. The van der Waals surface area contributed by atoms with Gasteiger partial charge in [0.05, 0.1) is 25.6 Å². The fourth-order valence-corrected chi connectivity index (χ4v) is 2.02. The van der Waals surface area contributed by atoms with E-state index in [1.807, 2.05) is 0 Å². The van der Waals surface area contributed by atoms with Gasteiger partial charge < -0.3 is 14.6 Å². The molecule has 1 saturated heterocycles. The normalized spacial score (nSPS) is 17.6. The maximum absolute atomic E-state index is 12.0. The second kappa shape index (κ2) is 7.03. The van der Waals surface area contributed by atoms with E-state index in [0.29, 0.717) is 18.9 Å². The standard InChI is InChI=1S/C12H18F3N3O2/c13-12(14,15)5-1-10-17-11(20-18-10)4-8-19-9-2-6-16-7-3-9/h9,16H,1-8H2. The molecule has 0 saturated carbocycles. The molecule has 1 aromatic heterocycles. The number of nitrogens with zero attached hydrogens (tertiary/aromatic N) is 2. The van der Waals surface area contributed by atoms with Gasteiger partial charge in [-0.2, -0.15) is 18.2 Å². The minimum absolute atomic E-state index is 0.0965. The van der Waals surface area contributed by atoms with Gasteiger partial charge in [0.15, 0.2) is 5.82 Å². The number of rotatable bonds is 6. The van der Waals surface area contributed by atoms with Gasteiger partial charge in [0.1, 0.15) is 0 Å². The van der Waals surface area contributed by atoms with Crippen molar-refractivity contribution >= 4 is 0 Å². The largest absolute Gasteiger partial charge is 0.389 e. The van der Waals surface area contributed by atoms with Crippen LogP contribution in [0.5, 0.6) is 0 Å². The summed E-state index contributed by atoms with van der Waals surface area (Å²) in [7, 11) is 0. The van der Waals surface area contributed by atoms with Crippen molar-refractivity contribution < 1.29 is 22.4 Å². The number of alkyl halides is 3. The second-order valence-corrected chi connectivity index (χ2v) is 4.79. The Balaban J connectivity index is 1.67. The van der Waals surface area contributed by atoms with Crippen LogP contribution >= 0.6 is 0 Å². The van der Waals surface area contributed by atoms with Gasteiger partial charge >= 0.3 is 6.18 Å². The van der Waals surface area contributed by atoms with Crippen molar-refractivity contribution in [2.24, 2.45) is 0 Å². The van der Waals surface area contributed by atoms with Crippen LogP contribution in [0, 0.1) is 0 Å². The highest BCUT2D eigenvalue weighted by Gasteiger charge is 2.27. The summed E-state index contributed by atoms with van der Waals surface area (Å²) >= 11 is 0. The number of piperidine rings is 1. The summed E-state index contributed by atoms with van der Waals surface area (Å²) in [6.45, 7) is 2.35. The van der Waals surface area contributed by atoms with Crippen LogP contribution in [0.15, 0.2) is 4.52 Å². The van der Waals surface area contributed by atoms with Crippen molar-refractivity contribution in [2.75, 3.05) is 19.7 Å². The summed E-state index contributed by atoms with van der Waals surface area (Å²) < 4.78 is 46.7. The molecule has 0 amide bonds. The third-order valence-electron chi connectivity index (χ3n) is 3.10. The monoisotopic (exact) mass is 293 g/mol. The van der Waals surface area contributed by atoms with Crippen molar-refractivity contribution in [1.29, 1.82) is 0 Å². The first-order valence-electron chi connectivity index (χ1n) is 6.73. The Morgan fingerprint density at radius 1 is 1.25 bits per heavy atom. The summed E-state index contributed by atoms with van der Waals surface area (Å²) in [5.74, 6) is 0.426. The third kappa shape index (κ3) is 5.46. The average molecular weight is 293 g/mol. The van der Waals surface area contributed by atoms with Gasteiger partial charge in [-0.25, -0.2) is 0 Å². The van der Waals surface area contributed by atoms with E-state index in [2.05, 4.69) is 15.5 Å². The van der Waals surface area contributed by atoms with Gasteiger partial charge in [-0.3, -0.25) is 0 Å². The minimum Gasteiger partial charge on any atom is -0.378 e. The average Bonchev–Trinajstić information content (AvgIpc) is 2.85. The lowest BCUT2D eigenvalue weighted by Gasteiger charge is -2.22. The van der Waals surface area contributed by atoms with Crippen LogP contribution in [0.1, 0.15) is 31.0 Å². The van der Waals surface area contributed by atoms with Gasteiger partial charge in [0, 0.05) is 6.42 Å². The first-order valence-corrected chi connectivity index (χ1v) is 6.73. The maximum atomic E-state index is 12.0. The van der Waals surface area contributed by atoms with E-state index in [9.17, 15) is 13.2 Å². The Morgan fingerprint density at radius 2 is 2.00 bits per heavy atom. The molecule has 0 aromatic carbocycles. The third-order valence-corrected chi connectivity index (χ3v) is 3.10. The Labute approximate surface area is 114 Å². The van der Waals surface area contributed by atoms with E-state index in [-0.39, 0.29) is 18.3 Å². The molecule has 0 unspecified atom stereocenters. The molecule has 2 heterocycles. The molecular formula is C12H18F3N3O2. The molecule has 0 bridgehead atoms. The smallest absolute Gasteiger partial charge is 0.378 e. The van der Waals surface area contributed by atoms with Crippen LogP contribution in [0.4, 0.5) is 13.2 Å². The molecule has 114 valence electrons. The molecular weight excluding hydrogens is 275 g/mol. The molecule has 1 aliphatic heterocycles. The lowest BCUT2D eigenvalue weighted by molar-refractivity contribution is -0.134. The minimum atomic E-state index is -4.20. The first-order chi connectivity index (χ1) is 9.53. The number of hydrogen-bond donors (Lipinski definition) is 1. The fourth-order valence-electron chi connectivity index (χ4n) is 2.02. The fraction of sp³-hybridized carbons (Fsp3) is 0.833. The predicted molar refractivity (Wildman–Crippen MR) is 64.2 cm³/mol. The molecule has 1 N–H and O–H groups in total. The Morgan fingerprint density at radius 3 is 2.70 bits per heavy atom. The van der Waals surface area contributed by atoms with Crippen LogP contribution in [-0.2, 0) is 17.6 Å². The summed E-state index contributed by atoms with van der Waals surface area (Å²) in [4.78, 5) is 3.93. The quantitative estimate of drug-likeness (QED) is 0.867. The van der Waals surface area contributed by atoms with Crippen LogP contribution in [0.25, 0.3) is 0 Å². The zero-order chi connectivity index (χ0) is 14.4. The topological polar surface area (TPSA) is 60.2 Å². The number of aromatic nitrogens is 2. The van der Waals surface area contributed by atoms with Gasteiger partial charge in [0.2, 0.25) is 5.89 Å². The number of nitrogens with one attached hydrogen (secondary N) is 1. The highest BCUT2D eigenvalue weighted by Crippen LogP contribution is 2.21. The lowest BCUT2D eigenvalue weighted by atomic mass is 10.1. The molecule has 20 heavy (non-hydrogen) atoms. The SMILES string of the molecule is FC(F)(F)CCc1noc(CCOC2CCNCC2)n1. The predicted octanol–water partition coefficient (Wildman–Crippen LogP) is 1.88. The number of hydrogen-bond acceptors (Lipinski definition) is 5. The molecule has 1 aromatic rings. The molecule has 5 nitrogen and oxygen atoms in total. The highest BCUT2D eigenvalue weighted by molar-refractivity contribution is 4.87. The van der Waals surface area contributed by atoms with Gasteiger partial charge in [-0.05, 0) is 25.9 Å². The van der Waals surface area contributed by atoms with Crippen molar-refractivity contribution in [2.45, 2.75) is 44.4 Å². The van der Waals surface area contributed by atoms with Crippen molar-refractivity contribution in [3.05, 3.63) is 11.7 Å². The molecule has 2 rings (SSSR count). The summed E-state index contributed by atoms with van der Waals surface area (Å²) in [6, 6.07) is 0. The Hall–Kier alpha value is -1.15. The molecule has 8 heteroatoms. The summed E-state index contributed by atoms with van der Waals surface area (Å²) in [5.41, 5.74) is 0. The Bertz CT molecular complexity index is 403. The van der Waals surface area contributed by atoms with E-state index in [4.69, 9.17) is 9.26 Å². The van der Waals surface area contributed by atoms with Crippen molar-refractivity contribution in [1.82, 2.24) is 15.5 Å². The molecule has 0 atom stereocenters. The number of ether oxygens (including phenoxy) is 1. The molecule has 1 aliphatic rings. The second-order valence-electron chi connectivity index (χ2n) is 4.79. The van der Waals surface area contributed by atoms with Gasteiger partial charge in [-0.1, -0.05) is 5.16 Å². The van der Waals surface area contributed by atoms with Gasteiger partial charge in [-0.15, -0.1) is 0 Å². The van der Waals surface area contributed by atoms with E-state index < -0.39 is 12.6 Å². The number of aryl methyl sites for hydroxylation is 1. The zero-order valence-corrected chi connectivity index (χ0v) is 11.1. The van der Waals surface area contributed by atoms with E-state index in [1.165, 1.54) is 0 Å². The molecule has 0 aliphatic carbocycles.